The van der Waals surface area contributed by atoms with E-state index in [9.17, 15) is 0 Å². The van der Waals surface area contributed by atoms with Gasteiger partial charge in [-0.3, -0.25) is 0 Å². The van der Waals surface area contributed by atoms with Gasteiger partial charge in [0.05, 0.1) is 5.60 Å². The number of hydrogen-bond acceptors (Lipinski definition) is 2. The second kappa shape index (κ2) is 7.62. The molecule has 0 bridgehead atoms. The van der Waals surface area contributed by atoms with Gasteiger partial charge in [-0.15, -0.1) is 0 Å². The van der Waals surface area contributed by atoms with Gasteiger partial charge in [0, 0.05) is 18.2 Å². The van der Waals surface area contributed by atoms with Crippen LogP contribution in [0.4, 0.5) is 0 Å². The first kappa shape index (κ1) is 16.8. The Morgan fingerprint density at radius 2 is 1.90 bits per heavy atom. The minimum atomic E-state index is -0.0561. The van der Waals surface area contributed by atoms with Gasteiger partial charge < -0.3 is 10.1 Å². The van der Waals surface area contributed by atoms with Gasteiger partial charge in [-0.1, -0.05) is 49.4 Å². The fraction of sp³-hybridized carbons (Fsp3) is 0.667. The molecule has 2 rings (SSSR count). The van der Waals surface area contributed by atoms with Gasteiger partial charge in [0.2, 0.25) is 0 Å². The van der Waals surface area contributed by atoms with Crippen LogP contribution in [-0.4, -0.2) is 25.8 Å². The van der Waals surface area contributed by atoms with Gasteiger partial charge in [-0.05, 0) is 50.4 Å². The molecule has 1 aromatic rings. The predicted molar refractivity (Wildman–Crippen MR) is 90.2 cm³/mol. The monoisotopic (exact) mass is 309 g/mol. The molecule has 0 radical (unpaired) electrons. The molecule has 2 nitrogen and oxygen atoms in total. The van der Waals surface area contributed by atoms with Crippen LogP contribution in [0, 0.1) is 6.92 Å². The summed E-state index contributed by atoms with van der Waals surface area (Å²) in [5.74, 6) is 0. The Hall–Kier alpha value is -0.570. The highest BCUT2D eigenvalue weighted by Gasteiger charge is 2.38. The Labute approximate surface area is 134 Å². The first-order valence-electron chi connectivity index (χ1n) is 8.09. The Kier molecular flexibility index (Phi) is 6.09. The van der Waals surface area contributed by atoms with Crippen molar-refractivity contribution >= 4 is 11.6 Å². The summed E-state index contributed by atoms with van der Waals surface area (Å²) >= 11 is 6.42. The first-order valence-corrected chi connectivity index (χ1v) is 8.46. The molecule has 1 saturated carbocycles. The molecule has 1 aromatic carbocycles. The summed E-state index contributed by atoms with van der Waals surface area (Å²) in [5, 5.41) is 4.37. The summed E-state index contributed by atoms with van der Waals surface area (Å²) in [6, 6.07) is 6.65. The van der Waals surface area contributed by atoms with Crippen molar-refractivity contribution in [1.82, 2.24) is 5.32 Å². The van der Waals surface area contributed by atoms with Crippen LogP contribution in [-0.2, 0) is 11.2 Å². The van der Waals surface area contributed by atoms with E-state index in [1.54, 1.807) is 0 Å². The maximum Gasteiger partial charge on any atom is 0.0834 e. The molecule has 0 amide bonds. The topological polar surface area (TPSA) is 21.3 Å². The second-order valence-electron chi connectivity index (χ2n) is 6.32. The highest BCUT2D eigenvalue weighted by Crippen LogP contribution is 2.35. The number of rotatable bonds is 5. The number of halogens is 1. The van der Waals surface area contributed by atoms with Crippen molar-refractivity contribution < 1.29 is 4.74 Å². The SMILES string of the molecule is CNC(Cc1ccc(C)cc1Cl)C1(OC)CCCCCC1. The summed E-state index contributed by atoms with van der Waals surface area (Å²) < 4.78 is 6.04. The Morgan fingerprint density at radius 3 is 2.43 bits per heavy atom. The van der Waals surface area contributed by atoms with Gasteiger partial charge in [-0.25, -0.2) is 0 Å². The van der Waals surface area contributed by atoms with Crippen molar-refractivity contribution in [1.29, 1.82) is 0 Å². The van der Waals surface area contributed by atoms with Gasteiger partial charge in [0.25, 0.3) is 0 Å². The number of aryl methyl sites for hydroxylation is 1. The van der Waals surface area contributed by atoms with E-state index < -0.39 is 0 Å². The minimum absolute atomic E-state index is 0.0561. The number of benzene rings is 1. The van der Waals surface area contributed by atoms with Gasteiger partial charge in [0.15, 0.2) is 0 Å². The minimum Gasteiger partial charge on any atom is -0.377 e. The van der Waals surface area contributed by atoms with Crippen molar-refractivity contribution in [3.05, 3.63) is 34.3 Å². The van der Waals surface area contributed by atoms with Crippen molar-refractivity contribution in [3.63, 3.8) is 0 Å². The van der Waals surface area contributed by atoms with Crippen LogP contribution in [0.3, 0.4) is 0 Å². The van der Waals surface area contributed by atoms with Gasteiger partial charge in [0.1, 0.15) is 0 Å². The number of hydrogen-bond donors (Lipinski definition) is 1. The Bertz CT molecular complexity index is 453. The standard InChI is InChI=1S/C18H28ClNO/c1-14-8-9-15(16(19)12-14)13-17(20-2)18(21-3)10-6-4-5-7-11-18/h8-9,12,17,20H,4-7,10-11,13H2,1-3H3. The van der Waals surface area contributed by atoms with Crippen LogP contribution in [0.2, 0.25) is 5.02 Å². The summed E-state index contributed by atoms with van der Waals surface area (Å²) in [5.41, 5.74) is 2.36. The molecule has 0 aliphatic heterocycles. The fourth-order valence-electron chi connectivity index (χ4n) is 3.61. The molecule has 1 atom stereocenters. The highest BCUT2D eigenvalue weighted by molar-refractivity contribution is 6.31. The van der Waals surface area contributed by atoms with Crippen molar-refractivity contribution in [2.45, 2.75) is 63.5 Å². The van der Waals surface area contributed by atoms with Crippen LogP contribution in [0.1, 0.15) is 49.7 Å². The van der Waals surface area contributed by atoms with Crippen LogP contribution in [0.15, 0.2) is 18.2 Å². The smallest absolute Gasteiger partial charge is 0.0834 e. The molecular formula is C18H28ClNO. The molecule has 1 aliphatic rings. The predicted octanol–water partition coefficient (Wildman–Crippen LogP) is 4.52. The molecule has 1 fully saturated rings. The number of likely N-dealkylation sites (N-methyl/N-ethyl adjacent to an activating group) is 1. The van der Waals surface area contributed by atoms with Crippen molar-refractivity contribution in [3.8, 4) is 0 Å². The van der Waals surface area contributed by atoms with Crippen molar-refractivity contribution in [2.75, 3.05) is 14.2 Å². The zero-order valence-electron chi connectivity index (χ0n) is 13.5. The van der Waals surface area contributed by atoms with E-state index in [2.05, 4.69) is 30.4 Å². The maximum atomic E-state index is 6.42. The van der Waals surface area contributed by atoms with E-state index >= 15 is 0 Å². The highest BCUT2D eigenvalue weighted by atomic mass is 35.5. The van der Waals surface area contributed by atoms with E-state index in [4.69, 9.17) is 16.3 Å². The molecule has 0 aromatic heterocycles. The lowest BCUT2D eigenvalue weighted by Crippen LogP contribution is -2.52. The molecule has 1 N–H and O–H groups in total. The molecule has 118 valence electrons. The van der Waals surface area contributed by atoms with Crippen molar-refractivity contribution in [2.24, 2.45) is 0 Å². The lowest BCUT2D eigenvalue weighted by molar-refractivity contribution is -0.0509. The summed E-state index contributed by atoms with van der Waals surface area (Å²) in [6.45, 7) is 2.08. The van der Waals surface area contributed by atoms with Crippen LogP contribution in [0.25, 0.3) is 0 Å². The van der Waals surface area contributed by atoms with Crippen LogP contribution in [0.5, 0.6) is 0 Å². The number of nitrogens with one attached hydrogen (secondary N) is 1. The molecule has 1 aliphatic carbocycles. The Morgan fingerprint density at radius 1 is 1.24 bits per heavy atom. The average Bonchev–Trinajstić information content (AvgIpc) is 2.73. The normalized spacial score (nSPS) is 20.0. The largest absolute Gasteiger partial charge is 0.377 e. The maximum absolute atomic E-state index is 6.42. The third-order valence-electron chi connectivity index (χ3n) is 4.97. The lowest BCUT2D eigenvalue weighted by atomic mass is 9.82. The van der Waals surface area contributed by atoms with E-state index in [1.165, 1.54) is 36.8 Å². The van der Waals surface area contributed by atoms with Gasteiger partial charge in [-0.2, -0.15) is 0 Å². The second-order valence-corrected chi connectivity index (χ2v) is 6.73. The third-order valence-corrected chi connectivity index (χ3v) is 5.32. The molecular weight excluding hydrogens is 282 g/mol. The van der Waals surface area contributed by atoms with E-state index in [0.717, 1.165) is 24.3 Å². The molecule has 1 unspecified atom stereocenters. The summed E-state index contributed by atoms with van der Waals surface area (Å²) in [4.78, 5) is 0. The molecule has 0 saturated heterocycles. The summed E-state index contributed by atoms with van der Waals surface area (Å²) in [6.07, 6.45) is 8.36. The van der Waals surface area contributed by atoms with Crippen LogP contribution < -0.4 is 5.32 Å². The first-order chi connectivity index (χ1) is 10.1. The molecule has 0 heterocycles. The fourth-order valence-corrected chi connectivity index (χ4v) is 3.92. The molecule has 0 spiro atoms. The Balaban J connectivity index is 2.20. The molecule has 3 heteroatoms. The summed E-state index contributed by atoms with van der Waals surface area (Å²) in [7, 11) is 3.91. The lowest BCUT2D eigenvalue weighted by Gasteiger charge is -2.39. The van der Waals surface area contributed by atoms with E-state index in [0.29, 0.717) is 6.04 Å². The van der Waals surface area contributed by atoms with E-state index in [-0.39, 0.29) is 5.60 Å². The number of ether oxygens (including phenoxy) is 1. The quantitative estimate of drug-likeness (QED) is 0.808. The number of methoxy groups -OCH3 is 1. The average molecular weight is 310 g/mol. The third kappa shape index (κ3) is 4.00. The van der Waals surface area contributed by atoms with E-state index in [1.807, 2.05) is 14.2 Å². The molecule has 21 heavy (non-hydrogen) atoms. The van der Waals surface area contributed by atoms with Gasteiger partial charge >= 0.3 is 0 Å². The van der Waals surface area contributed by atoms with Crippen LogP contribution >= 0.6 is 11.6 Å². The zero-order chi connectivity index (χ0) is 15.3. The zero-order valence-corrected chi connectivity index (χ0v) is 14.3.